The Morgan fingerprint density at radius 3 is 2.93 bits per heavy atom. The van der Waals surface area contributed by atoms with Crippen molar-refractivity contribution >= 4 is 21.8 Å². The fraction of sp³-hybridized carbons (Fsp3) is 0.300. The van der Waals surface area contributed by atoms with E-state index in [4.69, 9.17) is 4.74 Å². The molecular weight excluding hydrogens is 265 g/mol. The van der Waals surface area contributed by atoms with Gasteiger partial charge in [-0.2, -0.15) is 0 Å². The van der Waals surface area contributed by atoms with Crippen LogP contribution in [0.5, 0.6) is 5.75 Å². The van der Waals surface area contributed by atoms with Crippen LogP contribution in [0.2, 0.25) is 0 Å². The maximum Gasteiger partial charge on any atom is 0.257 e. The lowest BCUT2D eigenvalue weighted by Gasteiger charge is -2.06. The average Bonchev–Trinajstić information content (AvgIpc) is 2.20. The SMILES string of the molecule is CCNC(=O)COc1ccc(Br)c(F)c1. The first-order chi connectivity index (χ1) is 7.13. The Labute approximate surface area is 95.7 Å². The third kappa shape index (κ3) is 3.87. The minimum absolute atomic E-state index is 0.102. The van der Waals surface area contributed by atoms with Crippen LogP contribution in [0.25, 0.3) is 0 Å². The average molecular weight is 276 g/mol. The predicted molar refractivity (Wildman–Crippen MR) is 58.3 cm³/mol. The molecule has 1 aromatic rings. The summed E-state index contributed by atoms with van der Waals surface area (Å²) >= 11 is 3.02. The number of ether oxygens (including phenoxy) is 1. The van der Waals surface area contributed by atoms with Crippen molar-refractivity contribution in [3.05, 3.63) is 28.5 Å². The standard InChI is InChI=1S/C10H11BrFNO2/c1-2-13-10(14)6-15-7-3-4-8(11)9(12)5-7/h3-5H,2,6H2,1H3,(H,13,14). The number of benzene rings is 1. The lowest BCUT2D eigenvalue weighted by molar-refractivity contribution is -0.122. The van der Waals surface area contributed by atoms with Crippen LogP contribution in [0.1, 0.15) is 6.92 Å². The van der Waals surface area contributed by atoms with Crippen molar-refractivity contribution in [3.8, 4) is 5.75 Å². The molecule has 1 N–H and O–H groups in total. The Kier molecular flexibility index (Phi) is 4.55. The van der Waals surface area contributed by atoms with Crippen molar-refractivity contribution in [1.82, 2.24) is 5.32 Å². The molecule has 1 rings (SSSR count). The molecule has 0 heterocycles. The quantitative estimate of drug-likeness (QED) is 0.914. The summed E-state index contributed by atoms with van der Waals surface area (Å²) in [5, 5.41) is 2.57. The predicted octanol–water partition coefficient (Wildman–Crippen LogP) is 2.10. The van der Waals surface area contributed by atoms with Crippen molar-refractivity contribution in [1.29, 1.82) is 0 Å². The summed E-state index contributed by atoms with van der Waals surface area (Å²) < 4.78 is 18.5. The van der Waals surface area contributed by atoms with E-state index in [1.54, 1.807) is 6.07 Å². The summed E-state index contributed by atoms with van der Waals surface area (Å²) in [6.45, 7) is 2.27. The van der Waals surface area contributed by atoms with Gasteiger partial charge in [-0.1, -0.05) is 0 Å². The Bertz CT molecular complexity index is 357. The molecule has 0 aliphatic carbocycles. The summed E-state index contributed by atoms with van der Waals surface area (Å²) in [6, 6.07) is 4.35. The number of hydrogen-bond donors (Lipinski definition) is 1. The molecule has 0 atom stereocenters. The minimum Gasteiger partial charge on any atom is -0.484 e. The molecule has 0 fully saturated rings. The molecule has 0 unspecified atom stereocenters. The summed E-state index contributed by atoms with van der Waals surface area (Å²) in [5.41, 5.74) is 0. The summed E-state index contributed by atoms with van der Waals surface area (Å²) in [5.74, 6) is -0.300. The maximum atomic E-state index is 13.0. The van der Waals surface area contributed by atoms with Crippen LogP contribution in [0.15, 0.2) is 22.7 Å². The highest BCUT2D eigenvalue weighted by molar-refractivity contribution is 9.10. The van der Waals surface area contributed by atoms with Crippen molar-refractivity contribution in [3.63, 3.8) is 0 Å². The zero-order valence-corrected chi connectivity index (χ0v) is 9.80. The van der Waals surface area contributed by atoms with Gasteiger partial charge in [0.05, 0.1) is 4.47 Å². The van der Waals surface area contributed by atoms with E-state index >= 15 is 0 Å². The summed E-state index contributed by atoms with van der Waals surface area (Å²) in [4.78, 5) is 11.0. The second-order valence-electron chi connectivity index (χ2n) is 2.82. The first-order valence-corrected chi connectivity index (χ1v) is 5.27. The van der Waals surface area contributed by atoms with Gasteiger partial charge in [-0.15, -0.1) is 0 Å². The lowest BCUT2D eigenvalue weighted by Crippen LogP contribution is -2.28. The number of nitrogens with one attached hydrogen (secondary N) is 1. The monoisotopic (exact) mass is 275 g/mol. The van der Waals surface area contributed by atoms with E-state index in [9.17, 15) is 9.18 Å². The van der Waals surface area contributed by atoms with E-state index in [-0.39, 0.29) is 12.5 Å². The number of carbonyl (C=O) groups is 1. The number of carbonyl (C=O) groups excluding carboxylic acids is 1. The highest BCUT2D eigenvalue weighted by Gasteiger charge is 2.04. The number of hydrogen-bond acceptors (Lipinski definition) is 2. The van der Waals surface area contributed by atoms with Crippen LogP contribution in [0, 0.1) is 5.82 Å². The van der Waals surface area contributed by atoms with E-state index in [1.165, 1.54) is 12.1 Å². The van der Waals surface area contributed by atoms with Gasteiger partial charge in [0.2, 0.25) is 0 Å². The molecule has 0 radical (unpaired) electrons. The molecule has 1 amide bonds. The Balaban J connectivity index is 2.51. The highest BCUT2D eigenvalue weighted by atomic mass is 79.9. The molecule has 3 nitrogen and oxygen atoms in total. The molecule has 0 spiro atoms. The molecule has 82 valence electrons. The Hall–Kier alpha value is -1.10. The second-order valence-corrected chi connectivity index (χ2v) is 3.67. The van der Waals surface area contributed by atoms with Gasteiger partial charge in [-0.25, -0.2) is 4.39 Å². The molecule has 0 aliphatic heterocycles. The zero-order valence-electron chi connectivity index (χ0n) is 8.22. The van der Waals surface area contributed by atoms with Gasteiger partial charge in [0.1, 0.15) is 11.6 Å². The zero-order chi connectivity index (χ0) is 11.3. The molecular formula is C10H11BrFNO2. The number of halogens is 2. The van der Waals surface area contributed by atoms with Gasteiger partial charge in [0.25, 0.3) is 5.91 Å². The van der Waals surface area contributed by atoms with Gasteiger partial charge < -0.3 is 10.1 Å². The van der Waals surface area contributed by atoms with Crippen molar-refractivity contribution in [2.75, 3.05) is 13.2 Å². The third-order valence-electron chi connectivity index (χ3n) is 1.63. The molecule has 0 saturated carbocycles. The van der Waals surface area contributed by atoms with Gasteiger partial charge in [-0.05, 0) is 35.0 Å². The topological polar surface area (TPSA) is 38.3 Å². The van der Waals surface area contributed by atoms with E-state index in [2.05, 4.69) is 21.2 Å². The molecule has 15 heavy (non-hydrogen) atoms. The van der Waals surface area contributed by atoms with Crippen molar-refractivity contribution in [2.45, 2.75) is 6.92 Å². The smallest absolute Gasteiger partial charge is 0.257 e. The molecule has 1 aromatic carbocycles. The first kappa shape index (κ1) is 12.0. The minimum atomic E-state index is -0.414. The summed E-state index contributed by atoms with van der Waals surface area (Å²) in [6.07, 6.45) is 0. The van der Waals surface area contributed by atoms with Gasteiger partial charge >= 0.3 is 0 Å². The van der Waals surface area contributed by atoms with Crippen LogP contribution in [0.4, 0.5) is 4.39 Å². The van der Waals surface area contributed by atoms with Crippen molar-refractivity contribution in [2.24, 2.45) is 0 Å². The van der Waals surface area contributed by atoms with Crippen LogP contribution in [-0.2, 0) is 4.79 Å². The van der Waals surface area contributed by atoms with Gasteiger partial charge in [-0.3, -0.25) is 4.79 Å². The maximum absolute atomic E-state index is 13.0. The van der Waals surface area contributed by atoms with Gasteiger partial charge in [0, 0.05) is 12.6 Å². The van der Waals surface area contributed by atoms with E-state index in [0.717, 1.165) is 0 Å². The van der Waals surface area contributed by atoms with Crippen LogP contribution < -0.4 is 10.1 Å². The van der Waals surface area contributed by atoms with Crippen LogP contribution >= 0.6 is 15.9 Å². The summed E-state index contributed by atoms with van der Waals surface area (Å²) in [7, 11) is 0. The Morgan fingerprint density at radius 2 is 2.33 bits per heavy atom. The Morgan fingerprint density at radius 1 is 1.60 bits per heavy atom. The fourth-order valence-electron chi connectivity index (χ4n) is 0.964. The van der Waals surface area contributed by atoms with Crippen molar-refractivity contribution < 1.29 is 13.9 Å². The highest BCUT2D eigenvalue weighted by Crippen LogP contribution is 2.20. The first-order valence-electron chi connectivity index (χ1n) is 4.48. The van der Waals surface area contributed by atoms with E-state index in [1.807, 2.05) is 6.92 Å². The molecule has 5 heteroatoms. The molecule has 0 bridgehead atoms. The second kappa shape index (κ2) is 5.70. The van der Waals surface area contributed by atoms with Crippen LogP contribution in [-0.4, -0.2) is 19.1 Å². The van der Waals surface area contributed by atoms with E-state index < -0.39 is 5.82 Å². The third-order valence-corrected chi connectivity index (χ3v) is 2.28. The molecule has 0 aromatic heterocycles. The largest absolute Gasteiger partial charge is 0.484 e. The molecule has 0 aliphatic rings. The normalized spacial score (nSPS) is 9.80. The number of likely N-dealkylation sites (N-methyl/N-ethyl adjacent to an activating group) is 1. The molecule has 0 saturated heterocycles. The van der Waals surface area contributed by atoms with Gasteiger partial charge in [0.15, 0.2) is 6.61 Å². The number of rotatable bonds is 4. The van der Waals surface area contributed by atoms with Crippen LogP contribution in [0.3, 0.4) is 0 Å². The number of amides is 1. The fourth-order valence-corrected chi connectivity index (χ4v) is 1.21. The lowest BCUT2D eigenvalue weighted by atomic mass is 10.3. The van der Waals surface area contributed by atoms with E-state index in [0.29, 0.717) is 16.8 Å².